The number of nitrogen functional groups attached to an aromatic ring is 1. The molecule has 5 aliphatic rings. The molecule has 5 N–H and O–H groups in total. The van der Waals surface area contributed by atoms with Crippen molar-refractivity contribution in [1.82, 2.24) is 50.1 Å². The molecule has 18 nitrogen and oxygen atoms in total. The van der Waals surface area contributed by atoms with Crippen molar-refractivity contribution in [2.75, 3.05) is 63.0 Å². The second-order valence-electron chi connectivity index (χ2n) is 23.9. The highest BCUT2D eigenvalue weighted by atomic mass is 32.1. The summed E-state index contributed by atoms with van der Waals surface area (Å²) in [5, 5.41) is 41.8. The lowest BCUT2D eigenvalue weighted by Crippen LogP contribution is -2.52. The molecule has 0 bridgehead atoms. The maximum Gasteiger partial charge on any atom is 0.243 e. The molecule has 430 valence electrons. The number of likely N-dealkylation sites (tertiary alicyclic amines) is 3. The predicted octanol–water partition coefficient (Wildman–Crippen LogP) is 9.00. The van der Waals surface area contributed by atoms with Crippen LogP contribution in [0.5, 0.6) is 5.75 Å². The summed E-state index contributed by atoms with van der Waals surface area (Å²) in [6.07, 6.45) is 16.9. The maximum atomic E-state index is 14.4. The number of phenolic OH excluding ortho intramolecular Hbond substituents is 1. The van der Waals surface area contributed by atoms with Crippen molar-refractivity contribution in [2.45, 2.75) is 141 Å². The largest absolute Gasteiger partial charge is 0.507 e. The summed E-state index contributed by atoms with van der Waals surface area (Å²) in [6.45, 7) is 17.5. The van der Waals surface area contributed by atoms with Crippen LogP contribution in [0, 0.1) is 24.7 Å². The van der Waals surface area contributed by atoms with Gasteiger partial charge in [-0.3, -0.25) is 14.3 Å². The molecule has 2 amide bonds. The first-order valence-corrected chi connectivity index (χ1v) is 30.4. The second-order valence-corrected chi connectivity index (χ2v) is 24.8. The molecule has 4 aromatic heterocycles. The number of aliphatic hydroxyl groups is 1. The Morgan fingerprint density at radius 1 is 0.901 bits per heavy atom. The van der Waals surface area contributed by atoms with Crippen LogP contribution in [-0.4, -0.2) is 150 Å². The molecule has 1 unspecified atom stereocenters. The molecule has 81 heavy (non-hydrogen) atoms. The third kappa shape index (κ3) is 12.9. The van der Waals surface area contributed by atoms with Crippen LogP contribution in [0.3, 0.4) is 0 Å². The summed E-state index contributed by atoms with van der Waals surface area (Å²) in [6, 6.07) is 18.8. The number of anilines is 2. The van der Waals surface area contributed by atoms with Crippen molar-refractivity contribution in [1.29, 1.82) is 0 Å². The smallest absolute Gasteiger partial charge is 0.243 e. The molecule has 2 aromatic carbocycles. The zero-order valence-corrected chi connectivity index (χ0v) is 48.3. The Morgan fingerprint density at radius 2 is 1.65 bits per heavy atom. The number of nitrogens with one attached hydrogen (secondary N) is 1. The number of benzene rings is 2. The van der Waals surface area contributed by atoms with Gasteiger partial charge in [0.15, 0.2) is 17.4 Å². The molecule has 6 aromatic rings. The number of aromatic nitrogens is 6. The van der Waals surface area contributed by atoms with Gasteiger partial charge in [-0.2, -0.15) is 5.10 Å². The number of nitrogens with zero attached hydrogens (tertiary/aromatic N) is 10. The summed E-state index contributed by atoms with van der Waals surface area (Å²) in [7, 11) is 0. The van der Waals surface area contributed by atoms with E-state index in [0.29, 0.717) is 59.0 Å². The molecule has 19 heteroatoms. The van der Waals surface area contributed by atoms with Gasteiger partial charge < -0.3 is 50.1 Å². The van der Waals surface area contributed by atoms with Crippen molar-refractivity contribution < 1.29 is 29.1 Å². The fourth-order valence-electron chi connectivity index (χ4n) is 13.0. The Morgan fingerprint density at radius 3 is 2.37 bits per heavy atom. The van der Waals surface area contributed by atoms with E-state index in [4.69, 9.17) is 20.1 Å². The Bertz CT molecular complexity index is 3110. The number of β-amino-alcohol motifs (C(OH)–C–C–N with tert-alkyl or cyclic N) is 1. The van der Waals surface area contributed by atoms with Gasteiger partial charge in [0.05, 0.1) is 58.4 Å². The molecule has 4 aliphatic heterocycles. The number of ether oxygens (including phenoxy) is 1. The number of rotatable bonds is 18. The number of carbonyl (C=O) groups excluding carboxylic acids is 2. The number of nitrogens with two attached hydrogens (primary N) is 1. The van der Waals surface area contributed by atoms with Gasteiger partial charge in [0.25, 0.3) is 0 Å². The van der Waals surface area contributed by atoms with Gasteiger partial charge in [-0.05, 0) is 132 Å². The molecule has 5 fully saturated rings. The van der Waals surface area contributed by atoms with Crippen LogP contribution in [0.25, 0.3) is 33.9 Å². The van der Waals surface area contributed by atoms with Crippen molar-refractivity contribution in [3.8, 4) is 27.4 Å². The van der Waals surface area contributed by atoms with Crippen molar-refractivity contribution in [3.63, 3.8) is 0 Å². The van der Waals surface area contributed by atoms with E-state index >= 15 is 0 Å². The number of aryl methyl sites for hydroxylation is 1. The van der Waals surface area contributed by atoms with Crippen LogP contribution in [0.2, 0.25) is 0 Å². The number of phenols is 1. The van der Waals surface area contributed by atoms with E-state index in [1.807, 2.05) is 100 Å². The van der Waals surface area contributed by atoms with Gasteiger partial charge >= 0.3 is 0 Å². The lowest BCUT2D eigenvalue weighted by molar-refractivity contribution is -0.141. The minimum Gasteiger partial charge on any atom is -0.507 e. The number of para-hydroxylation sites is 1. The molecule has 5 atom stereocenters. The number of thiazole rings is 1. The van der Waals surface area contributed by atoms with Gasteiger partial charge in [0, 0.05) is 80.7 Å². The molecule has 1 saturated carbocycles. The maximum absolute atomic E-state index is 14.4. The van der Waals surface area contributed by atoms with Crippen LogP contribution >= 0.6 is 11.3 Å². The lowest BCUT2D eigenvalue weighted by Gasteiger charge is -2.47. The van der Waals surface area contributed by atoms with Gasteiger partial charge in [0.2, 0.25) is 11.8 Å². The summed E-state index contributed by atoms with van der Waals surface area (Å²) in [4.78, 5) is 42.9. The molecule has 1 aliphatic carbocycles. The van der Waals surface area contributed by atoms with Crippen LogP contribution in [0.4, 0.5) is 11.6 Å². The Labute approximate surface area is 479 Å². The van der Waals surface area contributed by atoms with Gasteiger partial charge in [0.1, 0.15) is 17.7 Å². The third-order valence-corrected chi connectivity index (χ3v) is 19.1. The highest BCUT2D eigenvalue weighted by Gasteiger charge is 2.44. The lowest BCUT2D eigenvalue weighted by atomic mass is 9.83. The molecule has 4 saturated heterocycles. The SMILES string of the molecule is Cc1ncsc1-c1ccc([C@H](C)NC(=O)[C@@H]2C[C@@H](O)CN2C(=O)[C@@H](c2cc(N3CCC(CN4CCC(O[C@H]5C[C@H](N6CCC(C(C)n7cc(/C=C/c8cc(-c9ccccc9O)nnc8N)cn7)CC6)C5)CC4)CC3)no2)C(C)C)cc1. The van der Waals surface area contributed by atoms with Crippen LogP contribution in [0.15, 0.2) is 83.1 Å². The predicted molar refractivity (Wildman–Crippen MR) is 315 cm³/mol. The van der Waals surface area contributed by atoms with Crippen molar-refractivity contribution >= 4 is 46.9 Å². The van der Waals surface area contributed by atoms with E-state index in [9.17, 15) is 19.8 Å². The third-order valence-electron chi connectivity index (χ3n) is 18.1. The average molecular weight is 1120 g/mol. The normalized spacial score (nSPS) is 23.0. The first kappa shape index (κ1) is 56.4. The molecule has 0 radical (unpaired) electrons. The summed E-state index contributed by atoms with van der Waals surface area (Å²) in [5.41, 5.74) is 13.9. The highest BCUT2D eigenvalue weighted by Crippen LogP contribution is 2.38. The van der Waals surface area contributed by atoms with Crippen LogP contribution in [0.1, 0.15) is 132 Å². The zero-order valence-electron chi connectivity index (χ0n) is 47.5. The van der Waals surface area contributed by atoms with E-state index in [2.05, 4.69) is 58.2 Å². The fraction of sp³-hybridized carbons (Fsp3) is 0.532. The molecule has 8 heterocycles. The highest BCUT2D eigenvalue weighted by molar-refractivity contribution is 7.13. The van der Waals surface area contributed by atoms with Gasteiger partial charge in [-0.1, -0.05) is 67.6 Å². The van der Waals surface area contributed by atoms with Gasteiger partial charge in [-0.15, -0.1) is 21.5 Å². The zero-order chi connectivity index (χ0) is 56.3. The van der Waals surface area contributed by atoms with E-state index in [-0.39, 0.29) is 42.5 Å². The van der Waals surface area contributed by atoms with Crippen LogP contribution < -0.4 is 16.0 Å². The second kappa shape index (κ2) is 24.9. The number of piperidine rings is 3. The molecular weight excluding hydrogens is 1040 g/mol. The number of hydrogen-bond donors (Lipinski definition) is 4. The quantitative estimate of drug-likeness (QED) is 0.0631. The molecule has 0 spiro atoms. The van der Waals surface area contributed by atoms with Crippen molar-refractivity contribution in [3.05, 3.63) is 107 Å². The Balaban J connectivity index is 0.578. The topological polar surface area (TPSA) is 217 Å². The number of hydrogen-bond acceptors (Lipinski definition) is 16. The van der Waals surface area contributed by atoms with E-state index < -0.39 is 18.1 Å². The number of aliphatic hydroxyl groups excluding tert-OH is 1. The minimum absolute atomic E-state index is 0.0906. The standard InChI is InChI=1S/C62H80N12O6S/c1-38(2)58(62(78)73-36-49(75)31-54(73)61(77)66-39(3)44-12-14-46(15-13-44)59-40(4)64-37-81-59)56-32-57(69-80-56)72-24-16-42(17-25-72)34-70-22-20-50(21-23-70)79-51-29-48(30-51)71-26-18-45(19-27-71)41(5)74-35-43(33-65-74)10-11-47-28-53(67-68-60(47)63)52-8-6-7-9-55(52)76/h6-15,28,32-33,35,37-39,41-42,45,48-51,54,58,75-76H,16-27,29-31,34,36H2,1-5H3,(H2,63,68)(H,66,77)/b11-10+/t39-,41?,48-,49+,51-,54-,58+/m0/s1. The fourth-order valence-corrected chi connectivity index (χ4v) is 13.9. The summed E-state index contributed by atoms with van der Waals surface area (Å²) >= 11 is 1.60. The summed E-state index contributed by atoms with van der Waals surface area (Å²) < 4.78 is 14.8. The first-order chi connectivity index (χ1) is 39.2. The minimum atomic E-state index is -0.797. The molecular formula is C62H80N12O6S. The number of amides is 2. The Kier molecular flexibility index (Phi) is 17.3. The first-order valence-electron chi connectivity index (χ1n) is 29.5. The van der Waals surface area contributed by atoms with Gasteiger partial charge in [-0.25, -0.2) is 4.98 Å². The number of aromatic hydroxyl groups is 1. The monoisotopic (exact) mass is 1120 g/mol. The van der Waals surface area contributed by atoms with Crippen LogP contribution in [-0.2, 0) is 14.3 Å². The van der Waals surface area contributed by atoms with E-state index in [1.54, 1.807) is 28.4 Å². The van der Waals surface area contributed by atoms with E-state index in [0.717, 1.165) is 136 Å². The van der Waals surface area contributed by atoms with E-state index in [1.165, 1.54) is 0 Å². The average Bonchev–Trinajstić information content (AvgIpc) is 4.31. The Hall–Kier alpha value is -6.51. The number of carbonyl (C=O) groups is 2. The summed E-state index contributed by atoms with van der Waals surface area (Å²) in [5.74, 6) is 1.62. The molecule has 11 rings (SSSR count). The van der Waals surface area contributed by atoms with Crippen molar-refractivity contribution in [2.24, 2.45) is 17.8 Å².